The number of ether oxygens (including phenoxy) is 1. The van der Waals surface area contributed by atoms with E-state index in [1.54, 1.807) is 0 Å². The lowest BCUT2D eigenvalue weighted by atomic mass is 10.2. The van der Waals surface area contributed by atoms with Crippen LogP contribution in [0.4, 0.5) is 5.69 Å². The Morgan fingerprint density at radius 1 is 1.57 bits per heavy atom. The van der Waals surface area contributed by atoms with Gasteiger partial charge in [0, 0.05) is 0 Å². The highest BCUT2D eigenvalue weighted by molar-refractivity contribution is 5.89. The molecule has 0 aliphatic heterocycles. The topological polar surface area (TPSA) is 76.0 Å². The minimum absolute atomic E-state index is 0.0756. The Kier molecular flexibility index (Phi) is 2.99. The van der Waals surface area contributed by atoms with Crippen molar-refractivity contribution in [2.24, 2.45) is 4.99 Å². The molecule has 0 heterocycles. The Bertz CT molecular complexity index is 407. The Balaban J connectivity index is 3.24. The molecule has 1 rings (SSSR count). The summed E-state index contributed by atoms with van der Waals surface area (Å²) in [5, 5.41) is 8.66. The maximum Gasteiger partial charge on any atom is 0.335 e. The second-order valence-electron chi connectivity index (χ2n) is 2.39. The average molecular weight is 193 g/mol. The van der Waals surface area contributed by atoms with Gasteiger partial charge in [-0.1, -0.05) is 0 Å². The number of carbonyl (C=O) groups excluding carboxylic acids is 1. The van der Waals surface area contributed by atoms with Crippen molar-refractivity contribution in [3.8, 4) is 5.75 Å². The van der Waals surface area contributed by atoms with Gasteiger partial charge in [0.2, 0.25) is 6.08 Å². The summed E-state index contributed by atoms with van der Waals surface area (Å²) in [4.78, 5) is 23.9. The monoisotopic (exact) mass is 193 g/mol. The molecule has 0 bridgehead atoms. The number of carboxylic acids is 1. The average Bonchev–Trinajstić information content (AvgIpc) is 2.18. The Morgan fingerprint density at radius 2 is 2.29 bits per heavy atom. The van der Waals surface area contributed by atoms with Crippen LogP contribution in [0.1, 0.15) is 10.4 Å². The molecule has 1 aromatic rings. The molecule has 14 heavy (non-hydrogen) atoms. The van der Waals surface area contributed by atoms with Crippen LogP contribution in [0.5, 0.6) is 5.75 Å². The number of rotatable bonds is 3. The number of hydrogen-bond acceptors (Lipinski definition) is 4. The summed E-state index contributed by atoms with van der Waals surface area (Å²) in [5.74, 6) is -0.835. The smallest absolute Gasteiger partial charge is 0.335 e. The summed E-state index contributed by atoms with van der Waals surface area (Å²) in [6.45, 7) is 0. The van der Waals surface area contributed by atoms with Gasteiger partial charge in [-0.2, -0.15) is 4.99 Å². The highest BCUT2D eigenvalue weighted by Crippen LogP contribution is 2.27. The van der Waals surface area contributed by atoms with Gasteiger partial charge in [-0.3, -0.25) is 0 Å². The molecule has 0 aliphatic rings. The zero-order valence-electron chi connectivity index (χ0n) is 7.35. The molecule has 0 saturated heterocycles. The van der Waals surface area contributed by atoms with Crippen LogP contribution in [-0.2, 0) is 4.79 Å². The first-order valence-corrected chi connectivity index (χ1v) is 3.68. The summed E-state index contributed by atoms with van der Waals surface area (Å²) in [5.41, 5.74) is 0.333. The molecule has 0 aliphatic carbocycles. The van der Waals surface area contributed by atoms with Crippen LogP contribution in [0.15, 0.2) is 23.2 Å². The summed E-state index contributed by atoms with van der Waals surface area (Å²) in [7, 11) is 1.37. The molecular formula is C9H7NO4. The largest absolute Gasteiger partial charge is 0.494 e. The van der Waals surface area contributed by atoms with E-state index in [0.717, 1.165) is 0 Å². The molecule has 0 radical (unpaired) electrons. The first-order valence-electron chi connectivity index (χ1n) is 3.68. The summed E-state index contributed by atoms with van der Waals surface area (Å²) in [6.07, 6.45) is 1.35. The summed E-state index contributed by atoms with van der Waals surface area (Å²) < 4.78 is 4.85. The number of carboxylic acid groups (broad SMARTS) is 1. The molecule has 0 fully saturated rings. The van der Waals surface area contributed by atoms with Crippen LogP contribution in [0.25, 0.3) is 0 Å². The van der Waals surface area contributed by atoms with Gasteiger partial charge in [-0.15, -0.1) is 0 Å². The number of hydrogen-bond donors (Lipinski definition) is 1. The normalized spacial score (nSPS) is 8.93. The van der Waals surface area contributed by atoms with Crippen molar-refractivity contribution in [1.82, 2.24) is 0 Å². The second kappa shape index (κ2) is 4.20. The molecule has 1 aromatic carbocycles. The van der Waals surface area contributed by atoms with Gasteiger partial charge in [0.25, 0.3) is 0 Å². The lowest BCUT2D eigenvalue weighted by Gasteiger charge is -2.03. The van der Waals surface area contributed by atoms with Gasteiger partial charge >= 0.3 is 5.97 Å². The highest BCUT2D eigenvalue weighted by atomic mass is 16.5. The maximum absolute atomic E-state index is 10.6. The number of benzene rings is 1. The first-order chi connectivity index (χ1) is 6.69. The lowest BCUT2D eigenvalue weighted by molar-refractivity contribution is 0.0696. The van der Waals surface area contributed by atoms with E-state index in [1.165, 1.54) is 31.4 Å². The standard InChI is InChI=1S/C9H7NO4/c1-14-8-4-6(9(12)13)2-3-7(8)10-5-11/h2-4H,1H3,(H,12,13). The van der Waals surface area contributed by atoms with Crippen LogP contribution >= 0.6 is 0 Å². The highest BCUT2D eigenvalue weighted by Gasteiger charge is 2.07. The molecule has 0 spiro atoms. The minimum Gasteiger partial charge on any atom is -0.494 e. The molecule has 0 amide bonds. The van der Waals surface area contributed by atoms with E-state index in [-0.39, 0.29) is 17.0 Å². The number of isocyanates is 1. The Hall–Kier alpha value is -2.13. The third-order valence-corrected chi connectivity index (χ3v) is 1.59. The van der Waals surface area contributed by atoms with Crippen molar-refractivity contribution >= 4 is 17.7 Å². The van der Waals surface area contributed by atoms with Gasteiger partial charge in [0.05, 0.1) is 12.7 Å². The number of carbonyl (C=O) groups is 1. The van der Waals surface area contributed by atoms with E-state index in [4.69, 9.17) is 9.84 Å². The van der Waals surface area contributed by atoms with Crippen LogP contribution in [0, 0.1) is 0 Å². The second-order valence-corrected chi connectivity index (χ2v) is 2.39. The molecule has 5 nitrogen and oxygen atoms in total. The fraction of sp³-hybridized carbons (Fsp3) is 0.111. The third kappa shape index (κ3) is 1.97. The fourth-order valence-corrected chi connectivity index (χ4v) is 0.952. The number of methoxy groups -OCH3 is 1. The van der Waals surface area contributed by atoms with E-state index >= 15 is 0 Å². The van der Waals surface area contributed by atoms with Crippen molar-refractivity contribution < 1.29 is 19.4 Å². The minimum atomic E-state index is -1.06. The molecule has 0 atom stereocenters. The van der Waals surface area contributed by atoms with Gasteiger partial charge < -0.3 is 9.84 Å². The van der Waals surface area contributed by atoms with Crippen molar-refractivity contribution in [2.45, 2.75) is 0 Å². The molecule has 0 unspecified atom stereocenters. The van der Waals surface area contributed by atoms with Crippen LogP contribution in [0.2, 0.25) is 0 Å². The third-order valence-electron chi connectivity index (χ3n) is 1.59. The molecule has 5 heteroatoms. The number of nitrogens with zero attached hydrogens (tertiary/aromatic N) is 1. The SMILES string of the molecule is COc1cc(C(=O)O)ccc1N=C=O. The van der Waals surface area contributed by atoms with E-state index < -0.39 is 5.97 Å². The maximum atomic E-state index is 10.6. The molecule has 72 valence electrons. The predicted molar refractivity (Wildman–Crippen MR) is 47.7 cm³/mol. The quantitative estimate of drug-likeness (QED) is 0.580. The van der Waals surface area contributed by atoms with Crippen molar-refractivity contribution in [3.05, 3.63) is 23.8 Å². The van der Waals surface area contributed by atoms with E-state index in [9.17, 15) is 9.59 Å². The zero-order chi connectivity index (χ0) is 10.6. The van der Waals surface area contributed by atoms with E-state index in [2.05, 4.69) is 4.99 Å². The fourth-order valence-electron chi connectivity index (χ4n) is 0.952. The number of aliphatic imine (C=N–C) groups is 1. The van der Waals surface area contributed by atoms with Crippen molar-refractivity contribution in [2.75, 3.05) is 7.11 Å². The zero-order valence-corrected chi connectivity index (χ0v) is 7.35. The molecule has 0 saturated carbocycles. The summed E-state index contributed by atoms with van der Waals surface area (Å²) in [6, 6.07) is 4.01. The van der Waals surface area contributed by atoms with Crippen LogP contribution < -0.4 is 4.74 Å². The molecular weight excluding hydrogens is 186 g/mol. The van der Waals surface area contributed by atoms with Crippen LogP contribution in [0.3, 0.4) is 0 Å². The molecule has 0 aromatic heterocycles. The Morgan fingerprint density at radius 3 is 2.79 bits per heavy atom. The van der Waals surface area contributed by atoms with Gasteiger partial charge in [0.1, 0.15) is 11.4 Å². The Labute approximate surface area is 79.7 Å². The van der Waals surface area contributed by atoms with Gasteiger partial charge in [-0.05, 0) is 18.2 Å². The summed E-state index contributed by atoms with van der Waals surface area (Å²) >= 11 is 0. The molecule has 1 N–H and O–H groups in total. The van der Waals surface area contributed by atoms with Crippen molar-refractivity contribution in [1.29, 1.82) is 0 Å². The first kappa shape index (κ1) is 9.95. The van der Waals surface area contributed by atoms with Crippen LogP contribution in [-0.4, -0.2) is 24.3 Å². The predicted octanol–water partition coefficient (Wildman–Crippen LogP) is 1.36. The van der Waals surface area contributed by atoms with E-state index in [1.807, 2.05) is 0 Å². The van der Waals surface area contributed by atoms with Gasteiger partial charge in [0.15, 0.2) is 0 Å². The van der Waals surface area contributed by atoms with Gasteiger partial charge in [-0.25, -0.2) is 9.59 Å². The lowest BCUT2D eigenvalue weighted by Crippen LogP contribution is -1.96. The van der Waals surface area contributed by atoms with E-state index in [0.29, 0.717) is 0 Å². The number of aromatic carboxylic acids is 1. The van der Waals surface area contributed by atoms with Crippen molar-refractivity contribution in [3.63, 3.8) is 0 Å².